The smallest absolute Gasteiger partial charge is 0.220 e. The van der Waals surface area contributed by atoms with Crippen molar-refractivity contribution in [2.45, 2.75) is 63.7 Å². The molecule has 1 saturated heterocycles. The first-order valence-corrected chi connectivity index (χ1v) is 10.3. The third kappa shape index (κ3) is 2.91. The second-order valence-corrected chi connectivity index (χ2v) is 9.92. The summed E-state index contributed by atoms with van der Waals surface area (Å²) >= 11 is 0. The first-order valence-electron chi connectivity index (χ1n) is 10.3. The van der Waals surface area contributed by atoms with Crippen LogP contribution in [-0.4, -0.2) is 22.5 Å². The Balaban J connectivity index is 1.32. The van der Waals surface area contributed by atoms with Crippen LogP contribution in [0, 0.1) is 23.6 Å². The number of amides is 1. The van der Waals surface area contributed by atoms with Crippen LogP contribution in [0.2, 0.25) is 0 Å². The molecule has 1 amide bonds. The molecule has 4 nitrogen and oxygen atoms in total. The predicted octanol–water partition coefficient (Wildman–Crippen LogP) is 4.32. The lowest BCUT2D eigenvalue weighted by atomic mass is 9.89. The molecule has 1 aliphatic heterocycles. The van der Waals surface area contributed by atoms with E-state index in [0.29, 0.717) is 24.2 Å². The normalized spacial score (nSPS) is 33.6. The van der Waals surface area contributed by atoms with Crippen LogP contribution in [0.25, 0.3) is 10.9 Å². The first-order chi connectivity index (χ1) is 13.2. The number of fused-ring (bicyclic) bond motifs is 4. The lowest BCUT2D eigenvalue weighted by Gasteiger charge is -2.22. The summed E-state index contributed by atoms with van der Waals surface area (Å²) in [5.74, 6) is 1.44. The van der Waals surface area contributed by atoms with Gasteiger partial charge in [0.05, 0.1) is 11.6 Å². The average molecular weight is 382 g/mol. The highest BCUT2D eigenvalue weighted by Gasteiger charge is 2.70. The van der Waals surface area contributed by atoms with E-state index in [0.717, 1.165) is 35.7 Å². The highest BCUT2D eigenvalue weighted by molar-refractivity contribution is 5.83. The molecule has 2 heterocycles. The van der Waals surface area contributed by atoms with Gasteiger partial charge in [-0.3, -0.25) is 9.78 Å². The van der Waals surface area contributed by atoms with E-state index in [2.05, 4.69) is 10.3 Å². The highest BCUT2D eigenvalue weighted by atomic mass is 19.1. The van der Waals surface area contributed by atoms with Crippen molar-refractivity contribution in [3.63, 3.8) is 0 Å². The van der Waals surface area contributed by atoms with Crippen LogP contribution in [0.5, 0.6) is 0 Å². The molecule has 148 valence electrons. The number of halogens is 1. The number of hydrogen-bond acceptors (Lipinski definition) is 3. The minimum Gasteiger partial charge on any atom is -0.361 e. The maximum absolute atomic E-state index is 13.9. The van der Waals surface area contributed by atoms with Gasteiger partial charge >= 0.3 is 0 Å². The molecule has 2 aliphatic carbocycles. The summed E-state index contributed by atoms with van der Waals surface area (Å²) in [5.41, 5.74) is 1.44. The second-order valence-electron chi connectivity index (χ2n) is 9.92. The molecule has 5 atom stereocenters. The number of nitrogens with one attached hydrogen (secondary N) is 1. The summed E-state index contributed by atoms with van der Waals surface area (Å²) in [7, 11) is 0. The number of rotatable bonds is 3. The molecule has 5 rings (SSSR count). The van der Waals surface area contributed by atoms with Gasteiger partial charge in [-0.15, -0.1) is 0 Å². The van der Waals surface area contributed by atoms with E-state index >= 15 is 0 Å². The Hall–Kier alpha value is -2.01. The molecular formula is C23H27FN2O2. The van der Waals surface area contributed by atoms with E-state index in [1.54, 1.807) is 18.3 Å². The summed E-state index contributed by atoms with van der Waals surface area (Å²) in [4.78, 5) is 16.7. The molecule has 2 unspecified atom stereocenters. The van der Waals surface area contributed by atoms with Crippen LogP contribution in [-0.2, 0) is 15.1 Å². The standard InChI is InChI=1S/C23H27FN2O2/c1-22(2,3)26-20(27)10-13-8-14-12-23(21(28-23)16(14)9-13)18-6-7-25-19-5-4-15(24)11-17(18)19/h4-7,11,13-14,16,21H,8-10,12H2,1-3H3,(H,26,27)/t13-,14-,16-,21?,23?/m1/s1. The summed E-state index contributed by atoms with van der Waals surface area (Å²) < 4.78 is 20.1. The van der Waals surface area contributed by atoms with Crippen LogP contribution in [0.15, 0.2) is 30.5 Å². The van der Waals surface area contributed by atoms with Gasteiger partial charge in [0.25, 0.3) is 0 Å². The van der Waals surface area contributed by atoms with E-state index in [-0.39, 0.29) is 29.0 Å². The van der Waals surface area contributed by atoms with Gasteiger partial charge in [-0.1, -0.05) is 0 Å². The number of carbonyl (C=O) groups excluding carboxylic acids is 1. The molecule has 2 aromatic rings. The van der Waals surface area contributed by atoms with Gasteiger partial charge in [0.1, 0.15) is 11.4 Å². The Morgan fingerprint density at radius 2 is 2.14 bits per heavy atom. The van der Waals surface area contributed by atoms with Crippen molar-refractivity contribution in [1.82, 2.24) is 10.3 Å². The minimum atomic E-state index is -0.275. The summed E-state index contributed by atoms with van der Waals surface area (Å²) in [6, 6.07) is 6.77. The van der Waals surface area contributed by atoms with Crippen molar-refractivity contribution in [3.8, 4) is 0 Å². The Kier molecular flexibility index (Phi) is 3.86. The monoisotopic (exact) mass is 382 g/mol. The molecule has 3 fully saturated rings. The third-order valence-electron chi connectivity index (χ3n) is 6.69. The highest BCUT2D eigenvalue weighted by Crippen LogP contribution is 2.67. The van der Waals surface area contributed by atoms with Gasteiger partial charge in [-0.05, 0) is 87.6 Å². The minimum absolute atomic E-state index is 0.149. The molecule has 0 bridgehead atoms. The summed E-state index contributed by atoms with van der Waals surface area (Å²) in [5, 5.41) is 3.95. The SMILES string of the molecule is CC(C)(C)NC(=O)C[C@@H]1C[C@@H]2CC3(c4ccnc5ccc(F)cc45)OC3[C@@H]2C1. The fraction of sp³-hybridized carbons (Fsp3) is 0.565. The molecule has 3 aliphatic rings. The number of ether oxygens (including phenoxy) is 1. The predicted molar refractivity (Wildman–Crippen MR) is 105 cm³/mol. The van der Waals surface area contributed by atoms with E-state index in [4.69, 9.17) is 4.74 Å². The zero-order valence-corrected chi connectivity index (χ0v) is 16.7. The van der Waals surface area contributed by atoms with Crippen molar-refractivity contribution < 1.29 is 13.9 Å². The number of aromatic nitrogens is 1. The van der Waals surface area contributed by atoms with Crippen LogP contribution < -0.4 is 5.32 Å². The first kappa shape index (κ1) is 18.0. The van der Waals surface area contributed by atoms with Crippen LogP contribution in [0.1, 0.15) is 52.0 Å². The van der Waals surface area contributed by atoms with Gasteiger partial charge in [-0.25, -0.2) is 4.39 Å². The number of benzene rings is 1. The number of hydrogen-bond donors (Lipinski definition) is 1. The molecule has 0 radical (unpaired) electrons. The molecule has 1 N–H and O–H groups in total. The maximum atomic E-state index is 13.9. The Morgan fingerprint density at radius 1 is 1.32 bits per heavy atom. The number of epoxide rings is 1. The van der Waals surface area contributed by atoms with Gasteiger partial charge in [0, 0.05) is 23.5 Å². The number of pyridine rings is 1. The van der Waals surface area contributed by atoms with Crippen LogP contribution in [0.3, 0.4) is 0 Å². The van der Waals surface area contributed by atoms with Crippen molar-refractivity contribution >= 4 is 16.8 Å². The molecule has 2 saturated carbocycles. The zero-order chi connectivity index (χ0) is 19.7. The summed E-state index contributed by atoms with van der Waals surface area (Å²) in [6.07, 6.45) is 5.70. The number of nitrogens with zero attached hydrogens (tertiary/aromatic N) is 1. The summed E-state index contributed by atoms with van der Waals surface area (Å²) in [6.45, 7) is 6.05. The van der Waals surface area contributed by atoms with Crippen molar-refractivity contribution in [1.29, 1.82) is 0 Å². The molecule has 1 aromatic carbocycles. The van der Waals surface area contributed by atoms with E-state index < -0.39 is 0 Å². The van der Waals surface area contributed by atoms with Gasteiger partial charge in [0.15, 0.2) is 0 Å². The van der Waals surface area contributed by atoms with E-state index in [1.807, 2.05) is 26.8 Å². The fourth-order valence-corrected chi connectivity index (χ4v) is 5.77. The molecule has 0 spiro atoms. The van der Waals surface area contributed by atoms with Gasteiger partial charge in [-0.2, -0.15) is 0 Å². The van der Waals surface area contributed by atoms with Crippen LogP contribution >= 0.6 is 0 Å². The Morgan fingerprint density at radius 3 is 2.89 bits per heavy atom. The largest absolute Gasteiger partial charge is 0.361 e. The second kappa shape index (κ2) is 5.99. The number of carbonyl (C=O) groups is 1. The molecule has 1 aromatic heterocycles. The quantitative estimate of drug-likeness (QED) is 0.805. The van der Waals surface area contributed by atoms with Crippen molar-refractivity contribution in [2.24, 2.45) is 17.8 Å². The Labute approximate surface area is 164 Å². The van der Waals surface area contributed by atoms with Crippen molar-refractivity contribution in [3.05, 3.63) is 41.8 Å². The van der Waals surface area contributed by atoms with Gasteiger partial charge < -0.3 is 10.1 Å². The van der Waals surface area contributed by atoms with E-state index in [9.17, 15) is 9.18 Å². The van der Waals surface area contributed by atoms with Crippen molar-refractivity contribution in [2.75, 3.05) is 0 Å². The molecule has 5 heteroatoms. The topological polar surface area (TPSA) is 54.5 Å². The maximum Gasteiger partial charge on any atom is 0.220 e. The third-order valence-corrected chi connectivity index (χ3v) is 6.69. The average Bonchev–Trinajstić information content (AvgIpc) is 3.04. The van der Waals surface area contributed by atoms with Crippen LogP contribution in [0.4, 0.5) is 4.39 Å². The Bertz CT molecular complexity index is 953. The lowest BCUT2D eigenvalue weighted by molar-refractivity contribution is -0.123. The lowest BCUT2D eigenvalue weighted by Crippen LogP contribution is -2.41. The van der Waals surface area contributed by atoms with Gasteiger partial charge in [0.2, 0.25) is 5.91 Å². The molecule has 28 heavy (non-hydrogen) atoms. The van der Waals surface area contributed by atoms with E-state index in [1.165, 1.54) is 6.07 Å². The zero-order valence-electron chi connectivity index (χ0n) is 16.7. The fourth-order valence-electron chi connectivity index (χ4n) is 5.77. The molecular weight excluding hydrogens is 355 g/mol.